The minimum absolute atomic E-state index is 0.170. The van der Waals surface area contributed by atoms with Crippen LogP contribution in [0.4, 0.5) is 0 Å². The van der Waals surface area contributed by atoms with Gasteiger partial charge in [-0.05, 0) is 51.1 Å². The molecule has 1 aromatic heterocycles. The van der Waals surface area contributed by atoms with E-state index >= 15 is 0 Å². The maximum atomic E-state index is 11.8. The van der Waals surface area contributed by atoms with Gasteiger partial charge in [0.1, 0.15) is 6.54 Å². The molecule has 6 heteroatoms. The van der Waals surface area contributed by atoms with Gasteiger partial charge in [0.25, 0.3) is 0 Å². The monoisotopic (exact) mass is 373 g/mol. The SMILES string of the molecule is O=C(CCC1=CC=CCC1)Cn1nc(Br)nc1Br. The summed E-state index contributed by atoms with van der Waals surface area (Å²) < 4.78 is 2.62. The first-order chi connectivity index (χ1) is 8.65. The average Bonchev–Trinajstić information content (AvgIpc) is 2.67. The predicted molar refractivity (Wildman–Crippen MR) is 76.1 cm³/mol. The first-order valence-corrected chi connectivity index (χ1v) is 7.36. The lowest BCUT2D eigenvalue weighted by molar-refractivity contribution is -0.119. The molecular formula is C12H13Br2N3O. The molecule has 0 aromatic carbocycles. The van der Waals surface area contributed by atoms with E-state index in [0.717, 1.165) is 19.3 Å². The molecule has 0 aliphatic heterocycles. The van der Waals surface area contributed by atoms with E-state index in [2.05, 4.69) is 60.2 Å². The molecule has 4 nitrogen and oxygen atoms in total. The number of rotatable bonds is 5. The molecule has 1 heterocycles. The van der Waals surface area contributed by atoms with E-state index in [9.17, 15) is 4.79 Å². The summed E-state index contributed by atoms with van der Waals surface area (Å²) in [7, 11) is 0. The van der Waals surface area contributed by atoms with Crippen LogP contribution in [0.3, 0.4) is 0 Å². The maximum Gasteiger partial charge on any atom is 0.218 e. The Labute approximate surface area is 122 Å². The number of halogens is 2. The van der Waals surface area contributed by atoms with Crippen LogP contribution in [-0.2, 0) is 11.3 Å². The molecule has 1 aliphatic carbocycles. The predicted octanol–water partition coefficient (Wildman–Crippen LogP) is 3.43. The van der Waals surface area contributed by atoms with Crippen LogP contribution in [-0.4, -0.2) is 20.5 Å². The van der Waals surface area contributed by atoms with Crippen molar-refractivity contribution in [3.8, 4) is 0 Å². The van der Waals surface area contributed by atoms with Crippen molar-refractivity contribution in [2.24, 2.45) is 0 Å². The van der Waals surface area contributed by atoms with Crippen LogP contribution in [0.15, 0.2) is 33.3 Å². The minimum atomic E-state index is 0.170. The van der Waals surface area contributed by atoms with Gasteiger partial charge in [0.2, 0.25) is 4.73 Å². The van der Waals surface area contributed by atoms with Crippen molar-refractivity contribution in [1.82, 2.24) is 14.8 Å². The van der Waals surface area contributed by atoms with Crippen molar-refractivity contribution in [3.63, 3.8) is 0 Å². The van der Waals surface area contributed by atoms with Gasteiger partial charge in [-0.25, -0.2) is 4.68 Å². The van der Waals surface area contributed by atoms with Gasteiger partial charge in [-0.1, -0.05) is 23.8 Å². The van der Waals surface area contributed by atoms with Crippen LogP contribution in [0.1, 0.15) is 25.7 Å². The maximum absolute atomic E-state index is 11.8. The molecule has 0 fully saturated rings. The largest absolute Gasteiger partial charge is 0.298 e. The molecule has 0 amide bonds. The van der Waals surface area contributed by atoms with Crippen LogP contribution in [0.5, 0.6) is 0 Å². The Hall–Kier alpha value is -0.750. The molecule has 1 aromatic rings. The van der Waals surface area contributed by atoms with E-state index in [1.54, 1.807) is 4.68 Å². The average molecular weight is 375 g/mol. The van der Waals surface area contributed by atoms with Gasteiger partial charge >= 0.3 is 0 Å². The molecule has 1 aliphatic rings. The van der Waals surface area contributed by atoms with Gasteiger partial charge in [-0.15, -0.1) is 5.10 Å². The second-order valence-corrected chi connectivity index (χ2v) is 5.56. The number of ketones is 1. The summed E-state index contributed by atoms with van der Waals surface area (Å²) in [6.07, 6.45) is 9.88. The van der Waals surface area contributed by atoms with E-state index in [0.29, 0.717) is 15.9 Å². The number of aromatic nitrogens is 3. The summed E-state index contributed by atoms with van der Waals surface area (Å²) in [5.41, 5.74) is 1.35. The highest BCUT2D eigenvalue weighted by Gasteiger charge is 2.10. The highest BCUT2D eigenvalue weighted by atomic mass is 79.9. The molecule has 0 spiro atoms. The molecule has 18 heavy (non-hydrogen) atoms. The Bertz CT molecular complexity index is 505. The zero-order valence-electron chi connectivity index (χ0n) is 9.77. The van der Waals surface area contributed by atoms with Gasteiger partial charge in [0, 0.05) is 6.42 Å². The van der Waals surface area contributed by atoms with E-state index in [-0.39, 0.29) is 12.3 Å². The number of nitrogens with zero attached hydrogens (tertiary/aromatic N) is 3. The summed E-state index contributed by atoms with van der Waals surface area (Å²) in [6.45, 7) is 0.266. The first-order valence-electron chi connectivity index (χ1n) is 5.77. The molecule has 0 radical (unpaired) electrons. The van der Waals surface area contributed by atoms with E-state index < -0.39 is 0 Å². The molecule has 0 saturated heterocycles. The van der Waals surface area contributed by atoms with Crippen LogP contribution in [0.25, 0.3) is 0 Å². The normalized spacial score (nSPS) is 14.7. The number of allylic oxidation sites excluding steroid dienone is 4. The third-order valence-corrected chi connectivity index (χ3v) is 3.67. The lowest BCUT2D eigenvalue weighted by atomic mass is 9.99. The molecule has 0 saturated carbocycles. The van der Waals surface area contributed by atoms with Crippen LogP contribution in [0.2, 0.25) is 0 Å². The summed E-state index contributed by atoms with van der Waals surface area (Å²) in [5.74, 6) is 0.170. The molecule has 2 rings (SSSR count). The fraction of sp³-hybridized carbons (Fsp3) is 0.417. The zero-order valence-corrected chi connectivity index (χ0v) is 12.9. The van der Waals surface area contributed by atoms with Crippen molar-refractivity contribution in [2.75, 3.05) is 0 Å². The number of hydrogen-bond donors (Lipinski definition) is 0. The van der Waals surface area contributed by atoms with Crippen LogP contribution < -0.4 is 0 Å². The van der Waals surface area contributed by atoms with E-state index in [4.69, 9.17) is 0 Å². The number of Topliss-reactive ketones (excluding diaryl/α,β-unsaturated/α-hetero) is 1. The second kappa shape index (κ2) is 6.43. The Balaban J connectivity index is 1.83. The van der Waals surface area contributed by atoms with Crippen molar-refractivity contribution < 1.29 is 4.79 Å². The van der Waals surface area contributed by atoms with Crippen LogP contribution in [0, 0.1) is 0 Å². The smallest absolute Gasteiger partial charge is 0.218 e. The summed E-state index contributed by atoms with van der Waals surface area (Å²) in [4.78, 5) is 15.9. The number of carbonyl (C=O) groups excluding carboxylic acids is 1. The highest BCUT2D eigenvalue weighted by molar-refractivity contribution is 9.11. The van der Waals surface area contributed by atoms with Crippen molar-refractivity contribution in [1.29, 1.82) is 0 Å². The highest BCUT2D eigenvalue weighted by Crippen LogP contribution is 2.17. The molecular weight excluding hydrogens is 362 g/mol. The molecule has 0 unspecified atom stereocenters. The Morgan fingerprint density at radius 1 is 1.44 bits per heavy atom. The molecule has 0 N–H and O–H groups in total. The summed E-state index contributed by atoms with van der Waals surface area (Å²) in [5, 5.41) is 4.07. The third kappa shape index (κ3) is 3.88. The van der Waals surface area contributed by atoms with Gasteiger partial charge < -0.3 is 0 Å². The fourth-order valence-electron chi connectivity index (χ4n) is 1.80. The second-order valence-electron chi connectivity index (χ2n) is 4.14. The minimum Gasteiger partial charge on any atom is -0.298 e. The van der Waals surface area contributed by atoms with E-state index in [1.807, 2.05) is 0 Å². The molecule has 96 valence electrons. The summed E-state index contributed by atoms with van der Waals surface area (Å²) in [6, 6.07) is 0. The first kappa shape index (κ1) is 13.7. The molecule has 0 bridgehead atoms. The van der Waals surface area contributed by atoms with Crippen molar-refractivity contribution in [3.05, 3.63) is 33.3 Å². The topological polar surface area (TPSA) is 47.8 Å². The zero-order chi connectivity index (χ0) is 13.0. The third-order valence-electron chi connectivity index (χ3n) is 2.75. The van der Waals surface area contributed by atoms with Crippen LogP contribution >= 0.6 is 31.9 Å². The lowest BCUT2D eigenvalue weighted by Gasteiger charge is -2.08. The number of carbonyl (C=O) groups is 1. The van der Waals surface area contributed by atoms with Gasteiger partial charge in [-0.3, -0.25) is 4.79 Å². The standard InChI is InChI=1S/C12H13Br2N3O/c13-11-15-12(14)17(16-11)8-10(18)7-6-9-4-2-1-3-5-9/h1-2,4H,3,5-8H2. The van der Waals surface area contributed by atoms with E-state index in [1.165, 1.54) is 5.57 Å². The van der Waals surface area contributed by atoms with Gasteiger partial charge in [-0.2, -0.15) is 4.98 Å². The Morgan fingerprint density at radius 2 is 2.28 bits per heavy atom. The lowest BCUT2D eigenvalue weighted by Crippen LogP contribution is -2.12. The number of hydrogen-bond acceptors (Lipinski definition) is 3. The Kier molecular flexibility index (Phi) is 4.88. The molecule has 0 atom stereocenters. The quantitative estimate of drug-likeness (QED) is 0.793. The Morgan fingerprint density at radius 3 is 2.89 bits per heavy atom. The van der Waals surface area contributed by atoms with Crippen molar-refractivity contribution in [2.45, 2.75) is 32.2 Å². The fourth-order valence-corrected chi connectivity index (χ4v) is 2.77. The summed E-state index contributed by atoms with van der Waals surface area (Å²) >= 11 is 6.43. The van der Waals surface area contributed by atoms with Gasteiger partial charge in [0.15, 0.2) is 10.5 Å². The van der Waals surface area contributed by atoms with Gasteiger partial charge in [0.05, 0.1) is 0 Å². The van der Waals surface area contributed by atoms with Crippen molar-refractivity contribution >= 4 is 37.6 Å².